The van der Waals surface area contributed by atoms with E-state index in [0.717, 1.165) is 35.9 Å². The molecule has 1 aliphatic heterocycles. The lowest BCUT2D eigenvalue weighted by Gasteiger charge is -2.16. The second-order valence-corrected chi connectivity index (χ2v) is 9.34. The van der Waals surface area contributed by atoms with Crippen molar-refractivity contribution in [3.05, 3.63) is 63.3 Å². The van der Waals surface area contributed by atoms with Crippen LogP contribution >= 0.6 is 0 Å². The minimum absolute atomic E-state index is 0.0671. The zero-order valence-electron chi connectivity index (χ0n) is 17.5. The number of nitrogens with zero attached hydrogens (tertiary/aromatic N) is 2. The standard InChI is InChI=1S/C25H24N4O2/c1-13-17(14-2-7-19-15(10-14)12-27-25(19)8-9-25)5-6-18-22(13)29(16-3-4-16)24(30)21-23(18)31-20(11-26)28-21/h2,5-7,10,16,27H,3-4,8-9,11-12,26H2,1H3. The summed E-state index contributed by atoms with van der Waals surface area (Å²) >= 11 is 0. The predicted molar refractivity (Wildman–Crippen MR) is 120 cm³/mol. The van der Waals surface area contributed by atoms with Gasteiger partial charge in [-0.2, -0.15) is 0 Å². The highest BCUT2D eigenvalue weighted by molar-refractivity contribution is 6.04. The molecule has 0 radical (unpaired) electrons. The first kappa shape index (κ1) is 17.7. The average molecular weight is 412 g/mol. The first-order valence-electron chi connectivity index (χ1n) is 11.2. The highest BCUT2D eigenvalue weighted by Gasteiger charge is 2.48. The largest absolute Gasteiger partial charge is 0.438 e. The Balaban J connectivity index is 1.50. The number of aromatic nitrogens is 2. The van der Waals surface area contributed by atoms with Crippen LogP contribution in [0.1, 0.15) is 54.3 Å². The van der Waals surface area contributed by atoms with Crippen LogP contribution in [0, 0.1) is 6.92 Å². The van der Waals surface area contributed by atoms with E-state index in [0.29, 0.717) is 17.0 Å². The molecule has 2 saturated carbocycles. The molecular formula is C25H24N4O2. The quantitative estimate of drug-likeness (QED) is 0.531. The van der Waals surface area contributed by atoms with Gasteiger partial charge in [0.1, 0.15) is 0 Å². The fourth-order valence-electron chi connectivity index (χ4n) is 5.49. The van der Waals surface area contributed by atoms with Crippen LogP contribution in [-0.4, -0.2) is 9.55 Å². The summed E-state index contributed by atoms with van der Waals surface area (Å²) in [4.78, 5) is 17.8. The molecule has 0 bridgehead atoms. The van der Waals surface area contributed by atoms with Crippen LogP contribution in [0.25, 0.3) is 33.1 Å². The molecule has 3 heterocycles. The minimum atomic E-state index is -0.0671. The second-order valence-electron chi connectivity index (χ2n) is 9.34. The Hall–Kier alpha value is -2.96. The zero-order chi connectivity index (χ0) is 20.9. The summed E-state index contributed by atoms with van der Waals surface area (Å²) in [6, 6.07) is 11.3. The Kier molecular flexibility index (Phi) is 3.33. The minimum Gasteiger partial charge on any atom is -0.438 e. The number of nitrogens with two attached hydrogens (primary N) is 1. The van der Waals surface area contributed by atoms with Crippen molar-refractivity contribution in [3.8, 4) is 11.1 Å². The van der Waals surface area contributed by atoms with Crippen molar-refractivity contribution in [1.82, 2.24) is 14.9 Å². The Labute approximate surface area is 179 Å². The van der Waals surface area contributed by atoms with Gasteiger partial charge in [-0.05, 0) is 72.6 Å². The van der Waals surface area contributed by atoms with Crippen molar-refractivity contribution < 1.29 is 4.42 Å². The molecule has 6 nitrogen and oxygen atoms in total. The summed E-state index contributed by atoms with van der Waals surface area (Å²) in [5.74, 6) is 0.406. The van der Waals surface area contributed by atoms with E-state index in [1.54, 1.807) is 0 Å². The lowest BCUT2D eigenvalue weighted by molar-refractivity contribution is 0.535. The summed E-state index contributed by atoms with van der Waals surface area (Å²) < 4.78 is 7.85. The Bertz CT molecular complexity index is 1470. The maximum absolute atomic E-state index is 13.4. The topological polar surface area (TPSA) is 86.1 Å². The van der Waals surface area contributed by atoms with E-state index in [4.69, 9.17) is 10.2 Å². The van der Waals surface area contributed by atoms with Crippen LogP contribution in [0.4, 0.5) is 0 Å². The van der Waals surface area contributed by atoms with E-state index >= 15 is 0 Å². The molecular weight excluding hydrogens is 388 g/mol. The third-order valence-corrected chi connectivity index (χ3v) is 7.40. The molecule has 2 aromatic carbocycles. The van der Waals surface area contributed by atoms with Crippen LogP contribution in [-0.2, 0) is 18.6 Å². The van der Waals surface area contributed by atoms with Crippen molar-refractivity contribution in [1.29, 1.82) is 0 Å². The van der Waals surface area contributed by atoms with Crippen LogP contribution in [0.2, 0.25) is 0 Å². The van der Waals surface area contributed by atoms with Gasteiger partial charge in [-0.1, -0.05) is 18.2 Å². The molecule has 4 aromatic rings. The molecule has 2 aromatic heterocycles. The number of pyridine rings is 1. The number of oxazole rings is 1. The highest BCUT2D eigenvalue weighted by Crippen LogP contribution is 2.51. The lowest BCUT2D eigenvalue weighted by atomic mass is 9.93. The molecule has 31 heavy (non-hydrogen) atoms. The number of nitrogens with one attached hydrogen (secondary N) is 1. The third-order valence-electron chi connectivity index (χ3n) is 7.40. The smallest absolute Gasteiger partial charge is 0.281 e. The van der Waals surface area contributed by atoms with E-state index in [1.807, 2.05) is 4.57 Å². The molecule has 0 amide bonds. The lowest BCUT2D eigenvalue weighted by Crippen LogP contribution is -2.20. The van der Waals surface area contributed by atoms with Crippen molar-refractivity contribution in [2.24, 2.45) is 5.73 Å². The zero-order valence-corrected chi connectivity index (χ0v) is 17.5. The van der Waals surface area contributed by atoms with E-state index in [9.17, 15) is 4.79 Å². The molecule has 3 aliphatic rings. The summed E-state index contributed by atoms with van der Waals surface area (Å²) in [6.07, 6.45) is 4.52. The van der Waals surface area contributed by atoms with Crippen molar-refractivity contribution >= 4 is 22.0 Å². The molecule has 3 N–H and O–H groups in total. The SMILES string of the molecule is Cc1c(-c2ccc3c(c2)CNC32CC2)ccc2c3oc(CN)nc3c(=O)n(C3CC3)c12. The van der Waals surface area contributed by atoms with E-state index < -0.39 is 0 Å². The Morgan fingerprint density at radius 3 is 2.84 bits per heavy atom. The fraction of sp³-hybridized carbons (Fsp3) is 0.360. The van der Waals surface area contributed by atoms with Gasteiger partial charge in [0.05, 0.1) is 12.1 Å². The Morgan fingerprint density at radius 1 is 1.26 bits per heavy atom. The van der Waals surface area contributed by atoms with E-state index in [-0.39, 0.29) is 23.7 Å². The fourth-order valence-corrected chi connectivity index (χ4v) is 5.49. The molecule has 0 unspecified atom stereocenters. The number of hydrogen-bond acceptors (Lipinski definition) is 5. The van der Waals surface area contributed by atoms with Gasteiger partial charge in [-0.3, -0.25) is 4.79 Å². The third kappa shape index (κ3) is 2.34. The van der Waals surface area contributed by atoms with Gasteiger partial charge >= 0.3 is 0 Å². The summed E-state index contributed by atoms with van der Waals surface area (Å²) in [6.45, 7) is 3.24. The maximum atomic E-state index is 13.4. The molecule has 1 spiro atoms. The van der Waals surface area contributed by atoms with Crippen LogP contribution in [0.3, 0.4) is 0 Å². The van der Waals surface area contributed by atoms with Gasteiger partial charge in [0.2, 0.25) is 5.89 Å². The van der Waals surface area contributed by atoms with Gasteiger partial charge in [0.15, 0.2) is 11.1 Å². The van der Waals surface area contributed by atoms with Gasteiger partial charge in [0.25, 0.3) is 5.56 Å². The van der Waals surface area contributed by atoms with Crippen LogP contribution in [0.15, 0.2) is 39.5 Å². The number of rotatable bonds is 3. The van der Waals surface area contributed by atoms with Crippen molar-refractivity contribution in [2.75, 3.05) is 0 Å². The number of benzene rings is 2. The van der Waals surface area contributed by atoms with Crippen LogP contribution in [0.5, 0.6) is 0 Å². The maximum Gasteiger partial charge on any atom is 0.281 e. The van der Waals surface area contributed by atoms with Crippen molar-refractivity contribution in [2.45, 2.75) is 57.3 Å². The van der Waals surface area contributed by atoms with Gasteiger partial charge in [-0.15, -0.1) is 0 Å². The molecule has 0 saturated heterocycles. The molecule has 6 heteroatoms. The highest BCUT2D eigenvalue weighted by atomic mass is 16.3. The molecule has 2 aliphatic carbocycles. The van der Waals surface area contributed by atoms with E-state index in [1.165, 1.54) is 35.1 Å². The number of hydrogen-bond donors (Lipinski definition) is 2. The molecule has 156 valence electrons. The van der Waals surface area contributed by atoms with Gasteiger partial charge in [0, 0.05) is 23.5 Å². The van der Waals surface area contributed by atoms with E-state index in [2.05, 4.69) is 47.6 Å². The molecule has 2 fully saturated rings. The summed E-state index contributed by atoms with van der Waals surface area (Å²) in [5.41, 5.74) is 14.2. The van der Waals surface area contributed by atoms with Crippen molar-refractivity contribution in [3.63, 3.8) is 0 Å². The normalized spacial score (nSPS) is 18.9. The number of aryl methyl sites for hydroxylation is 1. The second kappa shape index (κ2) is 5.84. The monoisotopic (exact) mass is 412 g/mol. The van der Waals surface area contributed by atoms with Gasteiger partial charge < -0.3 is 20.0 Å². The Morgan fingerprint density at radius 2 is 2.10 bits per heavy atom. The molecule has 0 atom stereocenters. The molecule has 7 rings (SSSR count). The first-order valence-corrected chi connectivity index (χ1v) is 11.2. The number of fused-ring (bicyclic) bond motifs is 5. The average Bonchev–Trinajstić information content (AvgIpc) is 3.68. The van der Waals surface area contributed by atoms with Gasteiger partial charge in [-0.25, -0.2) is 4.98 Å². The summed E-state index contributed by atoms with van der Waals surface area (Å²) in [5, 5.41) is 4.63. The first-order chi connectivity index (χ1) is 15.1. The summed E-state index contributed by atoms with van der Waals surface area (Å²) in [7, 11) is 0. The predicted octanol–water partition coefficient (Wildman–Crippen LogP) is 4.00. The van der Waals surface area contributed by atoms with Crippen LogP contribution < -0.4 is 16.6 Å².